The van der Waals surface area contributed by atoms with Crippen molar-refractivity contribution in [3.63, 3.8) is 0 Å². The van der Waals surface area contributed by atoms with Gasteiger partial charge in [0, 0.05) is 24.0 Å². The molecule has 2 spiro atoms. The van der Waals surface area contributed by atoms with E-state index < -0.39 is 16.5 Å². The molecule has 0 bridgehead atoms. The Kier molecular flexibility index (Phi) is 5.84. The summed E-state index contributed by atoms with van der Waals surface area (Å²) in [5, 5.41) is 6.01. The van der Waals surface area contributed by atoms with E-state index in [0.29, 0.717) is 30.9 Å². The molecular formula is C33H35N5O3. The summed E-state index contributed by atoms with van der Waals surface area (Å²) < 4.78 is 0. The monoisotopic (exact) mass is 548 g/mol. The van der Waals surface area contributed by atoms with Crippen LogP contribution in [0.2, 0.25) is 0 Å². The number of pyridine rings is 1. The third-order valence-electron chi connectivity index (χ3n) is 10.1. The molecule has 3 heterocycles. The maximum atomic E-state index is 14.2. The Hall–Kier alpha value is -4.04. The molecule has 0 radical (unpaired) electrons. The van der Waals surface area contributed by atoms with Gasteiger partial charge in [0.1, 0.15) is 17.9 Å². The second kappa shape index (κ2) is 9.24. The van der Waals surface area contributed by atoms with Gasteiger partial charge >= 0.3 is 0 Å². The molecule has 2 aromatic carbocycles. The first-order chi connectivity index (χ1) is 19.7. The van der Waals surface area contributed by atoms with E-state index in [9.17, 15) is 14.4 Å². The minimum Gasteiger partial charge on any atom is -0.325 e. The third kappa shape index (κ3) is 3.84. The van der Waals surface area contributed by atoms with E-state index in [1.165, 1.54) is 0 Å². The highest BCUT2D eigenvalue weighted by molar-refractivity contribution is 6.06. The third-order valence-corrected chi connectivity index (χ3v) is 10.1. The van der Waals surface area contributed by atoms with Gasteiger partial charge in [-0.15, -0.1) is 0 Å². The number of likely N-dealkylation sites (N-methyl/N-ethyl adjacent to an activating group) is 1. The highest BCUT2D eigenvalue weighted by Crippen LogP contribution is 2.47. The van der Waals surface area contributed by atoms with Gasteiger partial charge in [-0.1, -0.05) is 55.3 Å². The van der Waals surface area contributed by atoms with Crippen molar-refractivity contribution in [1.29, 1.82) is 0 Å². The fraction of sp³-hybridized carbons (Fsp3) is 0.394. The van der Waals surface area contributed by atoms with E-state index in [4.69, 9.17) is 0 Å². The van der Waals surface area contributed by atoms with Crippen molar-refractivity contribution in [3.8, 4) is 0 Å². The normalized spacial score (nSPS) is 26.3. The summed E-state index contributed by atoms with van der Waals surface area (Å²) >= 11 is 0. The summed E-state index contributed by atoms with van der Waals surface area (Å²) in [4.78, 5) is 49.3. The van der Waals surface area contributed by atoms with Crippen LogP contribution < -0.4 is 10.6 Å². The first kappa shape index (κ1) is 25.9. The minimum atomic E-state index is -0.659. The lowest BCUT2D eigenvalue weighted by Gasteiger charge is -2.55. The van der Waals surface area contributed by atoms with Crippen molar-refractivity contribution in [2.24, 2.45) is 0 Å². The number of carbonyl (C=O) groups excluding carboxylic acids is 3. The largest absolute Gasteiger partial charge is 0.325 e. The van der Waals surface area contributed by atoms with Gasteiger partial charge in [0.05, 0.1) is 11.0 Å². The number of benzene rings is 2. The van der Waals surface area contributed by atoms with Crippen LogP contribution in [0.3, 0.4) is 0 Å². The summed E-state index contributed by atoms with van der Waals surface area (Å²) in [6, 6.07) is 19.8. The standard InChI is InChI=1S/C33H35N5O3/c1-31(24-9-4-3-5-10-24)21-37(2)33(14-6-7-15-33)30(41)38(31)20-27(39)35-25-13-12-22-18-32(19-23(22)17-25)26-11-8-16-34-28(26)36-29(32)40/h3-5,8-13,16-17H,6-7,14-15,18-21H2,1-2H3,(H,35,39)(H,34,36,40)/t31-,32+/m0/s1/i2-1. The molecule has 7 rings (SSSR count). The Morgan fingerprint density at radius 3 is 2.54 bits per heavy atom. The number of aromatic nitrogens is 1. The van der Waals surface area contributed by atoms with Crippen LogP contribution in [0.25, 0.3) is 0 Å². The van der Waals surface area contributed by atoms with E-state index in [0.717, 1.165) is 47.9 Å². The molecule has 41 heavy (non-hydrogen) atoms. The molecule has 1 saturated carbocycles. The van der Waals surface area contributed by atoms with Gasteiger partial charge < -0.3 is 15.5 Å². The van der Waals surface area contributed by atoms with Gasteiger partial charge in [0.25, 0.3) is 0 Å². The van der Waals surface area contributed by atoms with Crippen LogP contribution in [0, 0.1) is 0 Å². The van der Waals surface area contributed by atoms with Crippen molar-refractivity contribution in [2.45, 2.75) is 61.9 Å². The molecule has 2 aliphatic carbocycles. The molecule has 1 saturated heterocycles. The van der Waals surface area contributed by atoms with Crippen molar-refractivity contribution in [3.05, 3.63) is 89.1 Å². The zero-order valence-corrected chi connectivity index (χ0v) is 23.6. The molecule has 3 amide bonds. The van der Waals surface area contributed by atoms with E-state index in [1.807, 2.05) is 65.6 Å². The zero-order chi connectivity index (χ0) is 28.4. The number of piperazine rings is 1. The van der Waals surface area contributed by atoms with Crippen LogP contribution in [-0.4, -0.2) is 58.2 Å². The first-order valence-corrected chi connectivity index (χ1v) is 14.5. The van der Waals surface area contributed by atoms with Crippen molar-refractivity contribution in [2.75, 3.05) is 30.8 Å². The quantitative estimate of drug-likeness (QED) is 0.514. The lowest BCUT2D eigenvalue weighted by Crippen LogP contribution is -2.71. The maximum absolute atomic E-state index is 14.2. The summed E-state index contributed by atoms with van der Waals surface area (Å²) in [6.07, 6.45) is 6.54. The van der Waals surface area contributed by atoms with Gasteiger partial charge in [0.15, 0.2) is 0 Å². The Labute approximate surface area is 240 Å². The predicted octanol–water partition coefficient (Wildman–Crippen LogP) is 4.01. The number of hydrogen-bond donors (Lipinski definition) is 2. The van der Waals surface area contributed by atoms with E-state index in [2.05, 4.69) is 34.5 Å². The molecule has 1 aromatic heterocycles. The van der Waals surface area contributed by atoms with Gasteiger partial charge in [-0.25, -0.2) is 4.98 Å². The van der Waals surface area contributed by atoms with Gasteiger partial charge in [0.2, 0.25) is 17.7 Å². The lowest BCUT2D eigenvalue weighted by atomic mass is 9.78. The number of fused-ring (bicyclic) bond motifs is 3. The number of nitrogens with zero attached hydrogens (tertiary/aromatic N) is 3. The smallest absolute Gasteiger partial charge is 0.244 e. The molecule has 8 nitrogen and oxygen atoms in total. The van der Waals surface area contributed by atoms with Crippen LogP contribution >= 0.6 is 0 Å². The van der Waals surface area contributed by atoms with E-state index >= 15 is 0 Å². The van der Waals surface area contributed by atoms with Crippen LogP contribution in [0.15, 0.2) is 66.9 Å². The number of anilines is 2. The summed E-state index contributed by atoms with van der Waals surface area (Å²) in [5.74, 6) is 0.430. The molecule has 4 aliphatic rings. The molecule has 0 unspecified atom stereocenters. The van der Waals surface area contributed by atoms with Gasteiger partial charge in [-0.05, 0) is 74.5 Å². The topological polar surface area (TPSA) is 94.6 Å². The second-order valence-corrected chi connectivity index (χ2v) is 12.4. The van der Waals surface area contributed by atoms with Crippen LogP contribution in [0.4, 0.5) is 11.5 Å². The summed E-state index contributed by atoms with van der Waals surface area (Å²) in [7, 11) is 2.05. The molecule has 8 heteroatoms. The lowest BCUT2D eigenvalue weighted by molar-refractivity contribution is -0.164. The minimum absolute atomic E-state index is 0.0254. The Bertz CT molecular complexity index is 1570. The average Bonchev–Trinajstić information content (AvgIpc) is 3.68. The molecular weight excluding hydrogens is 513 g/mol. The number of amides is 3. The SMILES string of the molecule is C[C@@]1(c2ccccc2)CN([11CH3])C2(CCCC2)C(=O)N1CC(=O)Nc1ccc2c(c1)C[C@@]1(C2)C(=O)Nc2ncccc21. The highest BCUT2D eigenvalue weighted by atomic mass is 16.2. The molecule has 210 valence electrons. The van der Waals surface area contributed by atoms with Crippen molar-refractivity contribution in [1.82, 2.24) is 14.8 Å². The molecule has 2 fully saturated rings. The number of carbonyl (C=O) groups is 3. The highest BCUT2D eigenvalue weighted by Gasteiger charge is 2.56. The van der Waals surface area contributed by atoms with E-state index in [1.54, 1.807) is 6.20 Å². The Morgan fingerprint density at radius 1 is 1.00 bits per heavy atom. The fourth-order valence-corrected chi connectivity index (χ4v) is 7.87. The molecule has 3 aromatic rings. The molecule has 2 aliphatic heterocycles. The fourth-order valence-electron chi connectivity index (χ4n) is 7.87. The summed E-state index contributed by atoms with van der Waals surface area (Å²) in [6.45, 7) is 2.71. The first-order valence-electron chi connectivity index (χ1n) is 14.5. The number of rotatable bonds is 4. The average molecular weight is 549 g/mol. The van der Waals surface area contributed by atoms with Crippen LogP contribution in [-0.2, 0) is 38.2 Å². The van der Waals surface area contributed by atoms with E-state index in [-0.39, 0.29) is 24.3 Å². The Morgan fingerprint density at radius 2 is 1.76 bits per heavy atom. The van der Waals surface area contributed by atoms with Crippen LogP contribution in [0.1, 0.15) is 54.9 Å². The molecule has 2 atom stereocenters. The zero-order valence-electron chi connectivity index (χ0n) is 23.6. The number of nitrogens with one attached hydrogen (secondary N) is 2. The van der Waals surface area contributed by atoms with Gasteiger partial charge in [-0.3, -0.25) is 19.3 Å². The Balaban J connectivity index is 1.14. The molecule has 2 N–H and O–H groups in total. The summed E-state index contributed by atoms with van der Waals surface area (Å²) in [5.41, 5.74) is 2.94. The van der Waals surface area contributed by atoms with Crippen molar-refractivity contribution < 1.29 is 14.4 Å². The van der Waals surface area contributed by atoms with Gasteiger partial charge in [-0.2, -0.15) is 0 Å². The van der Waals surface area contributed by atoms with Crippen molar-refractivity contribution >= 4 is 29.2 Å². The van der Waals surface area contributed by atoms with Crippen LogP contribution in [0.5, 0.6) is 0 Å². The second-order valence-electron chi connectivity index (χ2n) is 12.4. The maximum Gasteiger partial charge on any atom is 0.244 e. The number of hydrogen-bond acceptors (Lipinski definition) is 5. The predicted molar refractivity (Wildman–Crippen MR) is 156 cm³/mol.